The number of aromatic nitrogens is 2. The molecule has 0 fully saturated rings. The third-order valence-electron chi connectivity index (χ3n) is 2.32. The molecular formula is C8H13N5. The fourth-order valence-corrected chi connectivity index (χ4v) is 1.63. The fraction of sp³-hybridized carbons (Fsp3) is 0.500. The van der Waals surface area contributed by atoms with E-state index in [1.54, 1.807) is 6.20 Å². The number of amidine groups is 1. The molecule has 1 aromatic rings. The molecule has 70 valence electrons. The van der Waals surface area contributed by atoms with Crippen molar-refractivity contribution in [3.05, 3.63) is 17.7 Å². The predicted molar refractivity (Wildman–Crippen MR) is 49.6 cm³/mol. The SMILES string of the molecule is CN1CCn2c(cnc2C(=N)N)C1. The number of nitrogen functional groups attached to an aromatic ring is 1. The van der Waals surface area contributed by atoms with Crippen molar-refractivity contribution in [3.63, 3.8) is 0 Å². The van der Waals surface area contributed by atoms with Crippen LogP contribution < -0.4 is 5.73 Å². The zero-order valence-electron chi connectivity index (χ0n) is 7.62. The van der Waals surface area contributed by atoms with Gasteiger partial charge in [-0.3, -0.25) is 10.3 Å². The molecule has 1 aromatic heterocycles. The van der Waals surface area contributed by atoms with Gasteiger partial charge in [0, 0.05) is 19.6 Å². The zero-order chi connectivity index (χ0) is 9.42. The molecule has 0 aromatic carbocycles. The highest BCUT2D eigenvalue weighted by Crippen LogP contribution is 2.12. The lowest BCUT2D eigenvalue weighted by atomic mass is 10.3. The van der Waals surface area contributed by atoms with Crippen LogP contribution in [0.1, 0.15) is 11.5 Å². The van der Waals surface area contributed by atoms with Crippen LogP contribution in [0, 0.1) is 5.41 Å². The second-order valence-corrected chi connectivity index (χ2v) is 3.38. The van der Waals surface area contributed by atoms with Crippen LogP contribution in [-0.2, 0) is 13.1 Å². The van der Waals surface area contributed by atoms with E-state index in [2.05, 4.69) is 16.9 Å². The Morgan fingerprint density at radius 3 is 3.08 bits per heavy atom. The first-order valence-electron chi connectivity index (χ1n) is 4.26. The van der Waals surface area contributed by atoms with Gasteiger partial charge in [0.25, 0.3) is 0 Å². The maximum Gasteiger partial charge on any atom is 0.175 e. The van der Waals surface area contributed by atoms with Gasteiger partial charge >= 0.3 is 0 Å². The fourth-order valence-electron chi connectivity index (χ4n) is 1.63. The van der Waals surface area contributed by atoms with Gasteiger partial charge in [0.05, 0.1) is 11.9 Å². The smallest absolute Gasteiger partial charge is 0.175 e. The highest BCUT2D eigenvalue weighted by molar-refractivity contribution is 5.91. The predicted octanol–water partition coefficient (Wildman–Crippen LogP) is -0.387. The Bertz CT molecular complexity index is 340. The Morgan fingerprint density at radius 1 is 1.62 bits per heavy atom. The minimum absolute atomic E-state index is 0.0517. The molecule has 0 radical (unpaired) electrons. The van der Waals surface area contributed by atoms with Gasteiger partial charge in [0.15, 0.2) is 11.7 Å². The molecular weight excluding hydrogens is 166 g/mol. The Hall–Kier alpha value is -1.36. The molecule has 1 aliphatic heterocycles. The van der Waals surface area contributed by atoms with Crippen LogP contribution in [0.5, 0.6) is 0 Å². The highest BCUT2D eigenvalue weighted by Gasteiger charge is 2.17. The summed E-state index contributed by atoms with van der Waals surface area (Å²) in [6.07, 6.45) is 1.80. The number of likely N-dealkylation sites (N-methyl/N-ethyl adjacent to an activating group) is 1. The maximum absolute atomic E-state index is 7.32. The molecule has 0 unspecified atom stereocenters. The zero-order valence-corrected chi connectivity index (χ0v) is 7.62. The average Bonchev–Trinajstić information content (AvgIpc) is 2.46. The number of hydrogen-bond acceptors (Lipinski definition) is 3. The molecule has 0 atom stereocenters. The molecule has 1 aliphatic rings. The van der Waals surface area contributed by atoms with Gasteiger partial charge in [-0.25, -0.2) is 4.98 Å². The van der Waals surface area contributed by atoms with E-state index in [4.69, 9.17) is 11.1 Å². The van der Waals surface area contributed by atoms with Gasteiger partial charge in [-0.2, -0.15) is 0 Å². The monoisotopic (exact) mass is 179 g/mol. The highest BCUT2D eigenvalue weighted by atomic mass is 15.2. The van der Waals surface area contributed by atoms with Gasteiger partial charge in [0.1, 0.15) is 0 Å². The summed E-state index contributed by atoms with van der Waals surface area (Å²) in [7, 11) is 2.07. The van der Waals surface area contributed by atoms with Crippen LogP contribution in [0.2, 0.25) is 0 Å². The van der Waals surface area contributed by atoms with Gasteiger partial charge in [0.2, 0.25) is 0 Å². The van der Waals surface area contributed by atoms with Crippen molar-refractivity contribution in [2.24, 2.45) is 5.73 Å². The number of nitrogens with zero attached hydrogens (tertiary/aromatic N) is 3. The van der Waals surface area contributed by atoms with Crippen LogP contribution in [-0.4, -0.2) is 33.9 Å². The Kier molecular flexibility index (Phi) is 1.81. The van der Waals surface area contributed by atoms with Crippen LogP contribution in [0.4, 0.5) is 0 Å². The summed E-state index contributed by atoms with van der Waals surface area (Å²) in [6.45, 7) is 2.75. The van der Waals surface area contributed by atoms with Crippen molar-refractivity contribution in [3.8, 4) is 0 Å². The van der Waals surface area contributed by atoms with E-state index >= 15 is 0 Å². The largest absolute Gasteiger partial charge is 0.381 e. The first-order chi connectivity index (χ1) is 6.18. The molecule has 0 amide bonds. The first kappa shape index (κ1) is 8.25. The molecule has 0 saturated heterocycles. The van der Waals surface area contributed by atoms with Crippen LogP contribution in [0.25, 0.3) is 0 Å². The summed E-state index contributed by atoms with van der Waals surface area (Å²) in [5, 5.41) is 7.32. The second-order valence-electron chi connectivity index (χ2n) is 3.38. The molecule has 2 rings (SSSR count). The summed E-state index contributed by atoms with van der Waals surface area (Å²) >= 11 is 0. The summed E-state index contributed by atoms with van der Waals surface area (Å²) < 4.78 is 2.02. The Balaban J connectivity index is 2.39. The molecule has 2 heterocycles. The standard InChI is InChI=1S/C8H13N5/c1-12-2-3-13-6(5-12)4-11-8(13)7(9)10/h4H,2-3,5H2,1H3,(H3,9,10). The van der Waals surface area contributed by atoms with E-state index in [1.807, 2.05) is 4.57 Å². The molecule has 0 spiro atoms. The van der Waals surface area contributed by atoms with Crippen molar-refractivity contribution in [2.45, 2.75) is 13.1 Å². The lowest BCUT2D eigenvalue weighted by molar-refractivity contribution is 0.269. The van der Waals surface area contributed by atoms with Gasteiger partial charge in [-0.15, -0.1) is 0 Å². The van der Waals surface area contributed by atoms with E-state index in [-0.39, 0.29) is 5.84 Å². The molecule has 0 aliphatic carbocycles. The molecule has 0 bridgehead atoms. The van der Waals surface area contributed by atoms with Crippen molar-refractivity contribution < 1.29 is 0 Å². The first-order valence-corrected chi connectivity index (χ1v) is 4.26. The molecule has 13 heavy (non-hydrogen) atoms. The van der Waals surface area contributed by atoms with Crippen LogP contribution in [0.3, 0.4) is 0 Å². The topological polar surface area (TPSA) is 70.9 Å². The average molecular weight is 179 g/mol. The van der Waals surface area contributed by atoms with Crippen LogP contribution in [0.15, 0.2) is 6.20 Å². The summed E-state index contributed by atoms with van der Waals surface area (Å²) in [5.41, 5.74) is 6.54. The minimum atomic E-state index is 0.0517. The third kappa shape index (κ3) is 1.31. The molecule has 3 N–H and O–H groups in total. The summed E-state index contributed by atoms with van der Waals surface area (Å²) in [5.74, 6) is 0.652. The van der Waals surface area contributed by atoms with E-state index in [1.165, 1.54) is 0 Å². The quantitative estimate of drug-likeness (QED) is 0.455. The second kappa shape index (κ2) is 2.85. The van der Waals surface area contributed by atoms with E-state index < -0.39 is 0 Å². The van der Waals surface area contributed by atoms with E-state index in [0.29, 0.717) is 5.82 Å². The van der Waals surface area contributed by atoms with Gasteiger partial charge < -0.3 is 10.3 Å². The van der Waals surface area contributed by atoms with Crippen molar-refractivity contribution in [1.82, 2.24) is 14.5 Å². The Morgan fingerprint density at radius 2 is 2.38 bits per heavy atom. The molecule has 5 heteroatoms. The number of nitrogens with one attached hydrogen (secondary N) is 1. The van der Waals surface area contributed by atoms with E-state index in [0.717, 1.165) is 25.3 Å². The molecule has 5 nitrogen and oxygen atoms in total. The normalized spacial score (nSPS) is 17.0. The maximum atomic E-state index is 7.32. The number of hydrogen-bond donors (Lipinski definition) is 2. The minimum Gasteiger partial charge on any atom is -0.381 e. The summed E-state index contributed by atoms with van der Waals surface area (Å²) in [6, 6.07) is 0. The summed E-state index contributed by atoms with van der Waals surface area (Å²) in [4.78, 5) is 6.34. The van der Waals surface area contributed by atoms with Crippen molar-refractivity contribution in [2.75, 3.05) is 13.6 Å². The third-order valence-corrected chi connectivity index (χ3v) is 2.32. The van der Waals surface area contributed by atoms with Crippen LogP contribution >= 0.6 is 0 Å². The van der Waals surface area contributed by atoms with Gasteiger partial charge in [-0.1, -0.05) is 0 Å². The van der Waals surface area contributed by atoms with Crippen molar-refractivity contribution in [1.29, 1.82) is 5.41 Å². The molecule has 0 saturated carbocycles. The Labute approximate surface area is 76.7 Å². The lowest BCUT2D eigenvalue weighted by Crippen LogP contribution is -2.32. The van der Waals surface area contributed by atoms with Crippen molar-refractivity contribution >= 4 is 5.84 Å². The number of nitrogens with two attached hydrogens (primary N) is 1. The van der Waals surface area contributed by atoms with Gasteiger partial charge in [-0.05, 0) is 7.05 Å². The number of fused-ring (bicyclic) bond motifs is 1. The lowest BCUT2D eigenvalue weighted by Gasteiger charge is -2.24. The number of rotatable bonds is 1. The number of imidazole rings is 1. The van der Waals surface area contributed by atoms with E-state index in [9.17, 15) is 0 Å².